The van der Waals surface area contributed by atoms with E-state index in [2.05, 4.69) is 15.1 Å². The minimum absolute atomic E-state index is 0.00959. The minimum Gasteiger partial charge on any atom is -0.462 e. The predicted molar refractivity (Wildman–Crippen MR) is 133 cm³/mol. The molecule has 0 aliphatic rings. The van der Waals surface area contributed by atoms with Gasteiger partial charge in [0, 0.05) is 17.9 Å². The van der Waals surface area contributed by atoms with Gasteiger partial charge >= 0.3 is 11.9 Å². The van der Waals surface area contributed by atoms with E-state index in [0.717, 1.165) is 14.3 Å². The highest BCUT2D eigenvalue weighted by Gasteiger charge is 2.16. The maximum atomic E-state index is 12.4. The van der Waals surface area contributed by atoms with Crippen LogP contribution in [0.3, 0.4) is 0 Å². The van der Waals surface area contributed by atoms with Crippen molar-refractivity contribution in [2.75, 3.05) is 13.2 Å². The second kappa shape index (κ2) is 12.8. The Bertz CT molecular complexity index is 1290. The maximum absolute atomic E-state index is 12.4. The van der Waals surface area contributed by atoms with Crippen LogP contribution in [-0.2, 0) is 14.4 Å². The number of benzene rings is 2. The van der Waals surface area contributed by atoms with Crippen molar-refractivity contribution >= 4 is 56.2 Å². The van der Waals surface area contributed by atoms with E-state index >= 15 is 0 Å². The van der Waals surface area contributed by atoms with Crippen molar-refractivity contribution in [1.29, 1.82) is 0 Å². The standard InChI is InChI=1S/C22H19N3O7S3/c1-14(26)32-19-12-17(8-9-18(19)22(27)30-10-2-3-11-31-25(28)29)24-23-16-6-4-15(5-7-16)20-13-21(33)35-34-20/h4-9,12-13H,2-3,10-11H2,1H3. The van der Waals surface area contributed by atoms with Crippen LogP contribution in [0.4, 0.5) is 11.4 Å². The highest BCUT2D eigenvalue weighted by molar-refractivity contribution is 7.80. The first-order valence-electron chi connectivity index (χ1n) is 10.2. The summed E-state index contributed by atoms with van der Waals surface area (Å²) >= 11 is 5.17. The van der Waals surface area contributed by atoms with Crippen molar-refractivity contribution in [3.8, 4) is 16.2 Å². The molecule has 182 valence electrons. The van der Waals surface area contributed by atoms with E-state index in [1.165, 1.54) is 19.1 Å². The Balaban J connectivity index is 1.65. The molecule has 2 aromatic carbocycles. The number of esters is 2. The van der Waals surface area contributed by atoms with Crippen molar-refractivity contribution < 1.29 is 29.0 Å². The van der Waals surface area contributed by atoms with E-state index in [1.54, 1.807) is 26.7 Å². The molecule has 0 spiro atoms. The number of hydrogen-bond donors (Lipinski definition) is 0. The Kier molecular flexibility index (Phi) is 9.52. The van der Waals surface area contributed by atoms with E-state index in [1.807, 2.05) is 30.3 Å². The zero-order valence-electron chi connectivity index (χ0n) is 18.4. The highest BCUT2D eigenvalue weighted by atomic mass is 32.9. The van der Waals surface area contributed by atoms with Gasteiger partial charge in [-0.05, 0) is 48.7 Å². The Morgan fingerprint density at radius 3 is 2.34 bits per heavy atom. The molecular formula is C22H19N3O7S3. The van der Waals surface area contributed by atoms with Crippen molar-refractivity contribution in [2.24, 2.45) is 10.2 Å². The van der Waals surface area contributed by atoms with Crippen LogP contribution < -0.4 is 4.74 Å². The van der Waals surface area contributed by atoms with Crippen molar-refractivity contribution in [3.05, 3.63) is 68.0 Å². The maximum Gasteiger partial charge on any atom is 0.341 e. The number of azo groups is 1. The first kappa shape index (κ1) is 26.1. The number of nitrogens with zero attached hydrogens (tertiary/aromatic N) is 3. The second-order valence-corrected chi connectivity index (χ2v) is 9.83. The zero-order valence-corrected chi connectivity index (χ0v) is 20.8. The van der Waals surface area contributed by atoms with Gasteiger partial charge in [0.2, 0.25) is 0 Å². The van der Waals surface area contributed by atoms with E-state index in [9.17, 15) is 19.7 Å². The smallest absolute Gasteiger partial charge is 0.341 e. The highest BCUT2D eigenvalue weighted by Crippen LogP contribution is 2.31. The lowest BCUT2D eigenvalue weighted by molar-refractivity contribution is -0.757. The molecule has 1 heterocycles. The fourth-order valence-electron chi connectivity index (χ4n) is 2.75. The number of carbonyl (C=O) groups excluding carboxylic acids is 2. The molecular weight excluding hydrogens is 514 g/mol. The van der Waals surface area contributed by atoms with Gasteiger partial charge in [0.15, 0.2) is 0 Å². The molecule has 0 bridgehead atoms. The van der Waals surface area contributed by atoms with Crippen LogP contribution in [0.15, 0.2) is 58.8 Å². The van der Waals surface area contributed by atoms with E-state index in [4.69, 9.17) is 21.7 Å². The Morgan fingerprint density at radius 2 is 1.69 bits per heavy atom. The fourth-order valence-corrected chi connectivity index (χ4v) is 5.15. The molecule has 3 rings (SSSR count). The zero-order chi connectivity index (χ0) is 25.2. The lowest BCUT2D eigenvalue weighted by Gasteiger charge is -2.10. The molecule has 0 saturated carbocycles. The van der Waals surface area contributed by atoms with Crippen molar-refractivity contribution in [1.82, 2.24) is 0 Å². The molecule has 0 saturated heterocycles. The molecule has 0 amide bonds. The molecule has 0 unspecified atom stereocenters. The minimum atomic E-state index is -0.881. The van der Waals surface area contributed by atoms with Crippen LogP contribution >= 0.6 is 32.9 Å². The van der Waals surface area contributed by atoms with Crippen LogP contribution in [0.5, 0.6) is 5.75 Å². The molecule has 0 aliphatic heterocycles. The van der Waals surface area contributed by atoms with Crippen LogP contribution in [-0.4, -0.2) is 30.2 Å². The van der Waals surface area contributed by atoms with Gasteiger partial charge in [-0.15, -0.1) is 10.1 Å². The lowest BCUT2D eigenvalue weighted by Crippen LogP contribution is -2.11. The molecule has 0 atom stereocenters. The van der Waals surface area contributed by atoms with E-state index in [-0.39, 0.29) is 24.5 Å². The number of carbonyl (C=O) groups is 2. The number of unbranched alkanes of at least 4 members (excludes halogenated alkanes) is 1. The van der Waals surface area contributed by atoms with E-state index in [0.29, 0.717) is 24.2 Å². The molecule has 0 radical (unpaired) electrons. The van der Waals surface area contributed by atoms with Gasteiger partial charge in [-0.2, -0.15) is 10.2 Å². The van der Waals surface area contributed by atoms with Crippen molar-refractivity contribution in [3.63, 3.8) is 0 Å². The number of rotatable bonds is 11. The molecule has 0 N–H and O–H groups in total. The van der Waals surface area contributed by atoms with Gasteiger partial charge in [0.25, 0.3) is 5.09 Å². The topological polar surface area (TPSA) is 130 Å². The summed E-state index contributed by atoms with van der Waals surface area (Å²) in [5.74, 6) is -1.32. The van der Waals surface area contributed by atoms with Gasteiger partial charge in [0.1, 0.15) is 15.1 Å². The summed E-state index contributed by atoms with van der Waals surface area (Å²) in [7, 11) is 3.16. The molecule has 35 heavy (non-hydrogen) atoms. The van der Waals surface area contributed by atoms with Gasteiger partial charge in [-0.3, -0.25) is 4.79 Å². The quantitative estimate of drug-likeness (QED) is 0.0389. The van der Waals surface area contributed by atoms with E-state index < -0.39 is 17.0 Å². The molecule has 10 nitrogen and oxygen atoms in total. The molecule has 0 fully saturated rings. The average Bonchev–Trinajstić information content (AvgIpc) is 3.26. The number of hydrogen-bond acceptors (Lipinski definition) is 12. The second-order valence-electron chi connectivity index (χ2n) is 6.92. The monoisotopic (exact) mass is 533 g/mol. The summed E-state index contributed by atoms with van der Waals surface area (Å²) in [6.07, 6.45) is 0.712. The van der Waals surface area contributed by atoms with Gasteiger partial charge < -0.3 is 14.3 Å². The summed E-state index contributed by atoms with van der Waals surface area (Å²) in [6, 6.07) is 13.8. The first-order chi connectivity index (χ1) is 16.8. The lowest BCUT2D eigenvalue weighted by atomic mass is 10.2. The van der Waals surface area contributed by atoms with Crippen LogP contribution in [0, 0.1) is 13.9 Å². The summed E-state index contributed by atoms with van der Waals surface area (Å²) in [6.45, 7) is 1.15. The molecule has 13 heteroatoms. The third-order valence-electron chi connectivity index (χ3n) is 4.30. The normalized spacial score (nSPS) is 10.8. The first-order valence-corrected chi connectivity index (χ1v) is 12.8. The largest absolute Gasteiger partial charge is 0.462 e. The predicted octanol–water partition coefficient (Wildman–Crippen LogP) is 6.69. The molecule has 0 aliphatic carbocycles. The van der Waals surface area contributed by atoms with Crippen LogP contribution in [0.2, 0.25) is 0 Å². The SMILES string of the molecule is CC(=O)Oc1cc(N=Nc2ccc(-c3cc(=S)ss3)cc2)ccc1C(=O)OCCCCO[N+](=O)[O-]. The van der Waals surface area contributed by atoms with Gasteiger partial charge in [-0.1, -0.05) is 45.0 Å². The summed E-state index contributed by atoms with van der Waals surface area (Å²) in [4.78, 5) is 39.3. The summed E-state index contributed by atoms with van der Waals surface area (Å²) in [5.41, 5.74) is 2.07. The Labute approximate surface area is 212 Å². The van der Waals surface area contributed by atoms with Gasteiger partial charge in [0.05, 0.1) is 24.6 Å². The fraction of sp³-hybridized carbons (Fsp3) is 0.227. The third-order valence-corrected chi connectivity index (χ3v) is 7.21. The molecule has 1 aromatic heterocycles. The Morgan fingerprint density at radius 1 is 1.00 bits per heavy atom. The van der Waals surface area contributed by atoms with Crippen LogP contribution in [0.25, 0.3) is 10.4 Å². The van der Waals surface area contributed by atoms with Crippen molar-refractivity contribution in [2.45, 2.75) is 19.8 Å². The van der Waals surface area contributed by atoms with Gasteiger partial charge in [-0.25, -0.2) is 4.79 Å². The van der Waals surface area contributed by atoms with Crippen LogP contribution in [0.1, 0.15) is 30.1 Å². The summed E-state index contributed by atoms with van der Waals surface area (Å²) in [5, 5.41) is 17.6. The Hall–Kier alpha value is -3.55. The number of ether oxygens (including phenoxy) is 2. The summed E-state index contributed by atoms with van der Waals surface area (Å²) < 4.78 is 11.2. The third kappa shape index (κ3) is 8.31. The average molecular weight is 534 g/mol. The molecule has 3 aromatic rings.